The zero-order valence-electron chi connectivity index (χ0n) is 67.5. The van der Waals surface area contributed by atoms with Gasteiger partial charge in [0.25, 0.3) is 23.6 Å². The molecular formula is C92H88Cl8N8O16. The Kier molecular flexibility index (Phi) is 36.6. The van der Waals surface area contributed by atoms with Gasteiger partial charge in [-0.05, 0) is 167 Å². The maximum Gasteiger partial charge on any atom is 0.306 e. The lowest BCUT2D eigenvalue weighted by Gasteiger charge is -2.44. The van der Waals surface area contributed by atoms with Gasteiger partial charge < -0.3 is 39.4 Å². The third-order valence-corrected chi connectivity index (χ3v) is 22.7. The van der Waals surface area contributed by atoms with Gasteiger partial charge in [-0.25, -0.2) is 26.3 Å². The Hall–Kier alpha value is -10.4. The first-order valence-electron chi connectivity index (χ1n) is 39.7. The van der Waals surface area contributed by atoms with Crippen molar-refractivity contribution in [3.05, 3.63) is 324 Å². The summed E-state index contributed by atoms with van der Waals surface area (Å²) in [7, 11) is 0. The molecule has 4 fully saturated rings. The highest BCUT2D eigenvalue weighted by molar-refractivity contribution is 6.32. The number of carbonyl (C=O) groups excluding carboxylic acids is 4. The van der Waals surface area contributed by atoms with Gasteiger partial charge in [0.1, 0.15) is 48.8 Å². The zero-order chi connectivity index (χ0) is 90.2. The molecule has 648 valence electrons. The van der Waals surface area contributed by atoms with Gasteiger partial charge in [-0.2, -0.15) is 0 Å². The van der Waals surface area contributed by atoms with Gasteiger partial charge in [0.15, 0.2) is 0 Å². The fourth-order valence-electron chi connectivity index (χ4n) is 15.4. The van der Waals surface area contributed by atoms with Crippen LogP contribution >= 0.6 is 92.8 Å². The van der Waals surface area contributed by atoms with E-state index < -0.39 is 171 Å². The Morgan fingerprint density at radius 2 is 0.476 bits per heavy atom. The summed E-state index contributed by atoms with van der Waals surface area (Å²) in [6.45, 7) is 38.6. The molecule has 0 radical (unpaired) electrons. The summed E-state index contributed by atoms with van der Waals surface area (Å²) in [5.41, 5.74) is 5.73. The highest BCUT2D eigenvalue weighted by Crippen LogP contribution is 2.50. The number of hydrogen-bond donors (Lipinski definition) is 4. The normalized spacial score (nSPS) is 22.1. The molecule has 8 aromatic carbocycles. The molecule has 2 unspecified atom stereocenters. The fourth-order valence-corrected chi connectivity index (χ4v) is 16.7. The average molecular weight is 1850 g/mol. The molecule has 12 rings (SSSR count). The summed E-state index contributed by atoms with van der Waals surface area (Å²) in [6.07, 6.45) is -7.99. The van der Waals surface area contributed by atoms with E-state index in [0.717, 1.165) is 22.3 Å². The van der Waals surface area contributed by atoms with Gasteiger partial charge >= 0.3 is 48.5 Å². The maximum absolute atomic E-state index is 13.4. The van der Waals surface area contributed by atoms with Gasteiger partial charge in [0.05, 0.1) is 49.9 Å². The molecular weight excluding hydrogens is 1760 g/mol. The minimum atomic E-state index is -1.20. The van der Waals surface area contributed by atoms with Crippen LogP contribution in [0.3, 0.4) is 0 Å². The van der Waals surface area contributed by atoms with E-state index in [9.17, 15) is 58.8 Å². The Labute approximate surface area is 759 Å². The molecule has 0 spiro atoms. The van der Waals surface area contributed by atoms with E-state index in [1.54, 1.807) is 170 Å². The second-order valence-electron chi connectivity index (χ2n) is 29.4. The minimum absolute atomic E-state index is 0.460. The third-order valence-electron chi connectivity index (χ3n) is 20.8. The maximum atomic E-state index is 13.4. The Morgan fingerprint density at radius 3 is 0.621 bits per heavy atom. The number of benzene rings is 8. The summed E-state index contributed by atoms with van der Waals surface area (Å²) >= 11 is 49.1. The number of carboxylic acids is 4. The number of morpholine rings is 4. The van der Waals surface area contributed by atoms with E-state index in [2.05, 4.69) is 19.4 Å². The molecule has 0 saturated carbocycles. The molecule has 4 amide bonds. The molecule has 4 saturated heterocycles. The molecule has 4 aliphatic rings. The molecule has 32 heteroatoms. The van der Waals surface area contributed by atoms with E-state index in [0.29, 0.717) is 114 Å². The SMILES string of the molecule is [C-]#[N+]C(CCC)N1C(=O)[C@@H](CC(=O)O)O[C@H](c2cccc(Cl)c2)[C@@H]1c1ccc(Cl)cc1.[C-]#[N+]C(CCC)N1C(=O)[C@H](CC(=O)O)O[C@@H](c2cccc(Cl)c2)[C@H]1c1ccc(Cl)cc1.[C-]#[N+][C@H](CCC)N1C(=O)[C@@H](CC(=O)O)O[C@H](c2cccc(Cl)c2)[C@@H]1c1ccc(Cl)cc1.[C-]#[N+][C@H](CCC)N1C(=O)[C@H](CC(=O)O)O[C@@H](c2cccc(Cl)c2)[C@H]1c1ccc(Cl)cc1. The Morgan fingerprint density at radius 1 is 0.298 bits per heavy atom. The quantitative estimate of drug-likeness (QED) is 0.0332. The summed E-state index contributed by atoms with van der Waals surface area (Å²) < 4.78 is 24.3. The van der Waals surface area contributed by atoms with Gasteiger partial charge in [0, 0.05) is 65.9 Å². The van der Waals surface area contributed by atoms with Crippen LogP contribution in [0, 0.1) is 26.3 Å². The van der Waals surface area contributed by atoms with Gasteiger partial charge in [-0.3, -0.25) is 77.3 Å². The van der Waals surface area contributed by atoms with Crippen molar-refractivity contribution in [1.82, 2.24) is 19.6 Å². The molecule has 0 bridgehead atoms. The van der Waals surface area contributed by atoms with Crippen LogP contribution in [-0.2, 0) is 57.3 Å². The van der Waals surface area contributed by atoms with Crippen molar-refractivity contribution in [2.24, 2.45) is 0 Å². The van der Waals surface area contributed by atoms with Crippen LogP contribution in [0.2, 0.25) is 40.2 Å². The average Bonchev–Trinajstić information content (AvgIpc) is 0.773. The number of aliphatic carboxylic acids is 4. The monoisotopic (exact) mass is 1840 g/mol. The third kappa shape index (κ3) is 25.0. The molecule has 0 aliphatic carbocycles. The second-order valence-corrected chi connectivity index (χ2v) is 32.8. The van der Waals surface area contributed by atoms with Crippen molar-refractivity contribution in [1.29, 1.82) is 0 Å². The van der Waals surface area contributed by atoms with E-state index >= 15 is 0 Å². The number of rotatable bonds is 28. The topological polar surface area (TPSA) is 285 Å². The summed E-state index contributed by atoms with van der Waals surface area (Å²) in [5.74, 6) is -6.62. The molecule has 8 aromatic rings. The predicted octanol–water partition coefficient (Wildman–Crippen LogP) is 22.1. The number of carbonyl (C=O) groups is 8. The van der Waals surface area contributed by atoms with Crippen molar-refractivity contribution in [3.8, 4) is 0 Å². The molecule has 0 aromatic heterocycles. The number of carboxylic acid groups (broad SMARTS) is 4. The molecule has 4 N–H and O–H groups in total. The second kappa shape index (κ2) is 46.6. The van der Waals surface area contributed by atoms with Crippen molar-refractivity contribution in [2.45, 2.75) is 202 Å². The fraction of sp³-hybridized carbons (Fsp3) is 0.348. The van der Waals surface area contributed by atoms with Crippen LogP contribution < -0.4 is 0 Å². The first-order chi connectivity index (χ1) is 59.4. The minimum Gasteiger partial charge on any atom is -0.481 e. The number of hydrogen-bond acceptors (Lipinski definition) is 12. The van der Waals surface area contributed by atoms with Crippen molar-refractivity contribution < 1.29 is 77.7 Å². The van der Waals surface area contributed by atoms with E-state index in [1.807, 2.05) is 52.0 Å². The highest BCUT2D eigenvalue weighted by Gasteiger charge is 2.54. The van der Waals surface area contributed by atoms with E-state index in [1.165, 1.54) is 19.6 Å². The molecule has 4 heterocycles. The van der Waals surface area contributed by atoms with E-state index in [-0.39, 0.29) is 0 Å². The predicted molar refractivity (Wildman–Crippen MR) is 471 cm³/mol. The van der Waals surface area contributed by atoms with Crippen LogP contribution in [-0.4, -0.2) is 137 Å². The van der Waals surface area contributed by atoms with Crippen LogP contribution in [0.5, 0.6) is 0 Å². The Bertz CT molecular complexity index is 4600. The lowest BCUT2D eigenvalue weighted by atomic mass is 9.90. The lowest BCUT2D eigenvalue weighted by molar-refractivity contribution is -0.182. The zero-order valence-corrected chi connectivity index (χ0v) is 73.5. The Balaban J connectivity index is 0.000000187. The number of nitrogens with zero attached hydrogens (tertiary/aromatic N) is 8. The van der Waals surface area contributed by atoms with Crippen LogP contribution in [0.15, 0.2) is 194 Å². The smallest absolute Gasteiger partial charge is 0.306 e. The summed E-state index contributed by atoms with van der Waals surface area (Å²) in [4.78, 5) is 120. The van der Waals surface area contributed by atoms with Crippen molar-refractivity contribution in [2.75, 3.05) is 0 Å². The molecule has 4 aliphatic heterocycles. The van der Waals surface area contributed by atoms with Crippen LogP contribution in [0.1, 0.15) is 198 Å². The summed E-state index contributed by atoms with van der Waals surface area (Å²) in [5, 5.41) is 41.5. The lowest BCUT2D eigenvalue weighted by Crippen LogP contribution is -2.54. The van der Waals surface area contributed by atoms with Gasteiger partial charge in [-0.1, -0.05) is 218 Å². The van der Waals surface area contributed by atoms with Gasteiger partial charge in [0.2, 0.25) is 0 Å². The highest BCUT2D eigenvalue weighted by atomic mass is 35.5. The van der Waals surface area contributed by atoms with Crippen molar-refractivity contribution in [3.63, 3.8) is 0 Å². The first-order valence-corrected chi connectivity index (χ1v) is 42.7. The number of ether oxygens (including phenoxy) is 4. The molecule has 16 atom stereocenters. The molecule has 124 heavy (non-hydrogen) atoms. The van der Waals surface area contributed by atoms with Crippen LogP contribution in [0.25, 0.3) is 19.4 Å². The van der Waals surface area contributed by atoms with E-state index in [4.69, 9.17) is 138 Å². The largest absolute Gasteiger partial charge is 0.481 e. The number of amides is 4. The van der Waals surface area contributed by atoms with Crippen molar-refractivity contribution >= 4 is 140 Å². The standard InChI is InChI=1S/4C23H22Cl2N2O4/c4*1-3-5-19(26-2)27-21(14-8-10-16(24)11-9-14)22(15-6-4-7-17(25)12-15)31-18(23(27)30)13-20(28)29/h4*4,6-12,18-19,21-22H,3,5,13H2,1H3,(H,28,29)/t2*18-,19?,21+,22-;18-,19+,21+,22-;18-,19-,21+,22-/m1010/s1. The number of halogens is 8. The first kappa shape index (κ1) is 97.4. The summed E-state index contributed by atoms with van der Waals surface area (Å²) in [6, 6.07) is 53.6. The molecule has 24 nitrogen and oxygen atoms in total. The van der Waals surface area contributed by atoms with Crippen LogP contribution in [0.4, 0.5) is 0 Å². The van der Waals surface area contributed by atoms with Gasteiger partial charge in [-0.15, -0.1) is 0 Å².